The zero-order chi connectivity index (χ0) is 16.2. The summed E-state index contributed by atoms with van der Waals surface area (Å²) in [4.78, 5) is 27.7. The van der Waals surface area contributed by atoms with Gasteiger partial charge in [0.15, 0.2) is 5.76 Å². The Labute approximate surface area is 138 Å². The smallest absolute Gasteiger partial charge is 0.324 e. The van der Waals surface area contributed by atoms with Gasteiger partial charge in [0.2, 0.25) is 0 Å². The summed E-state index contributed by atoms with van der Waals surface area (Å²) < 4.78 is 4.97. The Hall–Kier alpha value is -2.47. The number of carbonyl (C=O) groups is 2. The molecule has 1 aliphatic rings. The molecule has 1 saturated heterocycles. The van der Waals surface area contributed by atoms with E-state index < -0.39 is 11.9 Å². The van der Waals surface area contributed by atoms with Crippen molar-refractivity contribution in [2.45, 2.75) is 0 Å². The molecule has 0 bridgehead atoms. The largest absolute Gasteiger partial charge is 0.459 e. The van der Waals surface area contributed by atoms with Crippen molar-refractivity contribution in [2.24, 2.45) is 0 Å². The zero-order valence-electron chi connectivity index (χ0n) is 12.4. The van der Waals surface area contributed by atoms with Gasteiger partial charge in [-0.1, -0.05) is 17.7 Å². The van der Waals surface area contributed by atoms with Crippen LogP contribution in [0.5, 0.6) is 0 Å². The lowest BCUT2D eigenvalue weighted by molar-refractivity contribution is 0.0923. The molecule has 3 amide bonds. The molecule has 1 aromatic carbocycles. The Bertz CT molecular complexity index is 694. The number of nitrogens with one attached hydrogen (secondary N) is 1. The molecule has 0 atom stereocenters. The standard InChI is InChI=1S/C16H16ClN3O3/c17-12-3-1-4-13(11-12)19-6-8-20(9-7-19)16(22)18-15(21)14-5-2-10-23-14/h1-5,10-11H,6-9H2,(H,18,21,22). The lowest BCUT2D eigenvalue weighted by Crippen LogP contribution is -2.52. The third-order valence-corrected chi connectivity index (χ3v) is 3.94. The summed E-state index contributed by atoms with van der Waals surface area (Å²) >= 11 is 6.00. The molecule has 0 radical (unpaired) electrons. The first-order chi connectivity index (χ1) is 11.1. The highest BCUT2D eigenvalue weighted by Crippen LogP contribution is 2.20. The molecule has 3 rings (SSSR count). The van der Waals surface area contributed by atoms with E-state index in [4.69, 9.17) is 16.0 Å². The number of nitrogens with zero attached hydrogens (tertiary/aromatic N) is 2. The second-order valence-electron chi connectivity index (χ2n) is 5.19. The summed E-state index contributed by atoms with van der Waals surface area (Å²) in [5, 5.41) is 3.02. The Morgan fingerprint density at radius 1 is 1.09 bits per heavy atom. The fourth-order valence-corrected chi connectivity index (χ4v) is 2.67. The van der Waals surface area contributed by atoms with Gasteiger partial charge in [-0.25, -0.2) is 4.79 Å². The second kappa shape index (κ2) is 6.75. The Morgan fingerprint density at radius 2 is 1.87 bits per heavy atom. The zero-order valence-corrected chi connectivity index (χ0v) is 13.1. The van der Waals surface area contributed by atoms with E-state index in [1.807, 2.05) is 24.3 Å². The number of hydrogen-bond acceptors (Lipinski definition) is 4. The molecule has 1 aliphatic heterocycles. The van der Waals surface area contributed by atoms with Crippen LogP contribution in [0.3, 0.4) is 0 Å². The lowest BCUT2D eigenvalue weighted by Gasteiger charge is -2.35. The Kier molecular flexibility index (Phi) is 4.52. The van der Waals surface area contributed by atoms with Crippen LogP contribution in [0.2, 0.25) is 5.02 Å². The fraction of sp³-hybridized carbons (Fsp3) is 0.250. The average molecular weight is 334 g/mol. The molecule has 0 spiro atoms. The van der Waals surface area contributed by atoms with E-state index in [2.05, 4.69) is 10.2 Å². The van der Waals surface area contributed by atoms with Crippen LogP contribution in [0.15, 0.2) is 47.1 Å². The number of benzene rings is 1. The molecule has 0 saturated carbocycles. The molecular formula is C16H16ClN3O3. The molecule has 1 aromatic heterocycles. The Morgan fingerprint density at radius 3 is 2.52 bits per heavy atom. The van der Waals surface area contributed by atoms with Gasteiger partial charge in [-0.15, -0.1) is 0 Å². The summed E-state index contributed by atoms with van der Waals surface area (Å²) in [6.07, 6.45) is 1.39. The monoisotopic (exact) mass is 333 g/mol. The molecule has 2 heterocycles. The van der Waals surface area contributed by atoms with E-state index in [0.717, 1.165) is 5.69 Å². The molecule has 23 heavy (non-hydrogen) atoms. The van der Waals surface area contributed by atoms with Crippen molar-refractivity contribution in [3.63, 3.8) is 0 Å². The number of hydrogen-bond donors (Lipinski definition) is 1. The second-order valence-corrected chi connectivity index (χ2v) is 5.63. The summed E-state index contributed by atoms with van der Waals surface area (Å²) in [5.74, 6) is -0.409. The van der Waals surface area contributed by atoms with Gasteiger partial charge in [0.25, 0.3) is 5.91 Å². The van der Waals surface area contributed by atoms with Gasteiger partial charge in [-0.3, -0.25) is 10.1 Å². The van der Waals surface area contributed by atoms with Crippen LogP contribution in [0.25, 0.3) is 0 Å². The third kappa shape index (κ3) is 3.65. The van der Waals surface area contributed by atoms with E-state index in [1.54, 1.807) is 11.0 Å². The number of piperazine rings is 1. The van der Waals surface area contributed by atoms with Crippen molar-refractivity contribution in [3.8, 4) is 0 Å². The van der Waals surface area contributed by atoms with E-state index in [0.29, 0.717) is 31.2 Å². The van der Waals surface area contributed by atoms with Crippen molar-refractivity contribution in [2.75, 3.05) is 31.1 Å². The van der Waals surface area contributed by atoms with E-state index >= 15 is 0 Å². The van der Waals surface area contributed by atoms with Crippen LogP contribution in [0.4, 0.5) is 10.5 Å². The minimum atomic E-state index is -0.530. The molecular weight excluding hydrogens is 318 g/mol. The summed E-state index contributed by atoms with van der Waals surface area (Å²) in [7, 11) is 0. The van der Waals surface area contributed by atoms with Gasteiger partial charge >= 0.3 is 6.03 Å². The number of urea groups is 1. The predicted molar refractivity (Wildman–Crippen MR) is 86.8 cm³/mol. The molecule has 120 valence electrons. The molecule has 0 aliphatic carbocycles. The topological polar surface area (TPSA) is 65.8 Å². The molecule has 1 N–H and O–H groups in total. The number of furan rings is 1. The van der Waals surface area contributed by atoms with Gasteiger partial charge < -0.3 is 14.2 Å². The maximum atomic E-state index is 12.1. The summed E-state index contributed by atoms with van der Waals surface area (Å²) in [6.45, 7) is 2.43. The van der Waals surface area contributed by atoms with E-state index in [9.17, 15) is 9.59 Å². The number of anilines is 1. The average Bonchev–Trinajstić information content (AvgIpc) is 3.09. The third-order valence-electron chi connectivity index (χ3n) is 3.71. The molecule has 2 aromatic rings. The molecule has 1 fully saturated rings. The van der Waals surface area contributed by atoms with Crippen LogP contribution in [0.1, 0.15) is 10.6 Å². The van der Waals surface area contributed by atoms with Gasteiger partial charge in [-0.05, 0) is 30.3 Å². The van der Waals surface area contributed by atoms with Crippen molar-refractivity contribution < 1.29 is 14.0 Å². The maximum absolute atomic E-state index is 12.1. The first-order valence-corrected chi connectivity index (χ1v) is 7.65. The quantitative estimate of drug-likeness (QED) is 0.917. The first-order valence-electron chi connectivity index (χ1n) is 7.28. The Balaban J connectivity index is 1.54. The highest BCUT2D eigenvalue weighted by Gasteiger charge is 2.23. The van der Waals surface area contributed by atoms with Crippen LogP contribution in [-0.4, -0.2) is 43.0 Å². The summed E-state index contributed by atoms with van der Waals surface area (Å²) in [6, 6.07) is 10.3. The fourth-order valence-electron chi connectivity index (χ4n) is 2.49. The SMILES string of the molecule is O=C(NC(=O)N1CCN(c2cccc(Cl)c2)CC1)c1ccco1. The predicted octanol–water partition coefficient (Wildman–Crippen LogP) is 2.61. The normalized spacial score (nSPS) is 14.7. The van der Waals surface area contributed by atoms with Crippen LogP contribution in [0, 0.1) is 0 Å². The molecule has 0 unspecified atom stereocenters. The van der Waals surface area contributed by atoms with Crippen molar-refractivity contribution in [1.82, 2.24) is 10.2 Å². The summed E-state index contributed by atoms with van der Waals surface area (Å²) in [5.41, 5.74) is 1.03. The van der Waals surface area contributed by atoms with Crippen molar-refractivity contribution in [3.05, 3.63) is 53.4 Å². The number of carbonyl (C=O) groups excluding carboxylic acids is 2. The van der Waals surface area contributed by atoms with Crippen LogP contribution in [-0.2, 0) is 0 Å². The highest BCUT2D eigenvalue weighted by molar-refractivity contribution is 6.30. The maximum Gasteiger partial charge on any atom is 0.324 e. The van der Waals surface area contributed by atoms with Crippen LogP contribution >= 0.6 is 11.6 Å². The van der Waals surface area contributed by atoms with Crippen LogP contribution < -0.4 is 10.2 Å². The van der Waals surface area contributed by atoms with E-state index in [-0.39, 0.29) is 5.76 Å². The van der Waals surface area contributed by atoms with Gasteiger partial charge in [0, 0.05) is 36.9 Å². The molecule has 7 heteroatoms. The number of amides is 3. The van der Waals surface area contributed by atoms with E-state index in [1.165, 1.54) is 12.3 Å². The first kappa shape index (κ1) is 15.4. The number of rotatable bonds is 2. The number of halogens is 1. The minimum absolute atomic E-state index is 0.121. The highest BCUT2D eigenvalue weighted by atomic mass is 35.5. The lowest BCUT2D eigenvalue weighted by atomic mass is 10.2. The minimum Gasteiger partial charge on any atom is -0.459 e. The van der Waals surface area contributed by atoms with Gasteiger partial charge in [-0.2, -0.15) is 0 Å². The van der Waals surface area contributed by atoms with Crippen molar-refractivity contribution in [1.29, 1.82) is 0 Å². The molecule has 6 nitrogen and oxygen atoms in total. The van der Waals surface area contributed by atoms with Crippen molar-refractivity contribution >= 4 is 29.2 Å². The van der Waals surface area contributed by atoms with Gasteiger partial charge in [0.05, 0.1) is 6.26 Å². The number of imide groups is 1. The van der Waals surface area contributed by atoms with Gasteiger partial charge in [0.1, 0.15) is 0 Å².